The third kappa shape index (κ3) is 3.47. The second kappa shape index (κ2) is 4.89. The maximum atomic E-state index is 8.93. The van der Waals surface area contributed by atoms with Gasteiger partial charge >= 0.3 is 0 Å². The zero-order valence-electron chi connectivity index (χ0n) is 10.2. The zero-order chi connectivity index (χ0) is 12.2. The van der Waals surface area contributed by atoms with E-state index >= 15 is 0 Å². The van der Waals surface area contributed by atoms with Gasteiger partial charge in [-0.3, -0.25) is 0 Å². The SMILES string of the molecule is CN(CCC(C)(C)C#N)c1cccc(N)c1. The van der Waals surface area contributed by atoms with Gasteiger partial charge in [0, 0.05) is 25.0 Å². The van der Waals surface area contributed by atoms with E-state index in [2.05, 4.69) is 11.0 Å². The van der Waals surface area contributed by atoms with Crippen LogP contribution < -0.4 is 10.6 Å². The van der Waals surface area contributed by atoms with Crippen molar-refractivity contribution in [3.8, 4) is 6.07 Å². The van der Waals surface area contributed by atoms with Gasteiger partial charge in [-0.2, -0.15) is 5.26 Å². The van der Waals surface area contributed by atoms with Crippen LogP contribution >= 0.6 is 0 Å². The van der Waals surface area contributed by atoms with Crippen LogP contribution in [0.2, 0.25) is 0 Å². The van der Waals surface area contributed by atoms with Gasteiger partial charge in [0.2, 0.25) is 0 Å². The molecule has 16 heavy (non-hydrogen) atoms. The summed E-state index contributed by atoms with van der Waals surface area (Å²) >= 11 is 0. The Morgan fingerprint density at radius 3 is 2.69 bits per heavy atom. The highest BCUT2D eigenvalue weighted by molar-refractivity contribution is 5.55. The standard InChI is InChI=1S/C13H19N3/c1-13(2,10-14)7-8-16(3)12-6-4-5-11(15)9-12/h4-6,9H,7-8,15H2,1-3H3. The van der Waals surface area contributed by atoms with Crippen LogP contribution in [-0.4, -0.2) is 13.6 Å². The molecule has 0 radical (unpaired) electrons. The van der Waals surface area contributed by atoms with Gasteiger partial charge in [0.15, 0.2) is 0 Å². The van der Waals surface area contributed by atoms with Crippen molar-refractivity contribution in [1.82, 2.24) is 0 Å². The lowest BCUT2D eigenvalue weighted by molar-refractivity contribution is 0.455. The van der Waals surface area contributed by atoms with E-state index in [1.807, 2.05) is 45.2 Å². The first-order chi connectivity index (χ1) is 7.44. The molecule has 3 nitrogen and oxygen atoms in total. The Bertz CT molecular complexity index is 390. The van der Waals surface area contributed by atoms with Gasteiger partial charge in [-0.1, -0.05) is 6.07 Å². The lowest BCUT2D eigenvalue weighted by Crippen LogP contribution is -2.23. The molecule has 1 aromatic carbocycles. The molecule has 0 fully saturated rings. The summed E-state index contributed by atoms with van der Waals surface area (Å²) in [4.78, 5) is 2.12. The molecule has 2 N–H and O–H groups in total. The summed E-state index contributed by atoms with van der Waals surface area (Å²) in [5, 5.41) is 8.93. The number of hydrogen-bond acceptors (Lipinski definition) is 3. The van der Waals surface area contributed by atoms with E-state index in [9.17, 15) is 0 Å². The summed E-state index contributed by atoms with van der Waals surface area (Å²) in [6, 6.07) is 10.1. The van der Waals surface area contributed by atoms with E-state index in [0.717, 1.165) is 24.3 Å². The fraction of sp³-hybridized carbons (Fsp3) is 0.462. The van der Waals surface area contributed by atoms with Crippen molar-refractivity contribution in [3.05, 3.63) is 24.3 Å². The van der Waals surface area contributed by atoms with E-state index < -0.39 is 0 Å². The summed E-state index contributed by atoms with van der Waals surface area (Å²) in [5.41, 5.74) is 7.32. The molecule has 0 saturated carbocycles. The van der Waals surface area contributed by atoms with Gasteiger partial charge in [-0.15, -0.1) is 0 Å². The molecule has 0 saturated heterocycles. The van der Waals surface area contributed by atoms with Crippen molar-refractivity contribution in [3.63, 3.8) is 0 Å². The quantitative estimate of drug-likeness (QED) is 0.789. The summed E-state index contributed by atoms with van der Waals surface area (Å²) in [6.07, 6.45) is 0.842. The summed E-state index contributed by atoms with van der Waals surface area (Å²) in [5.74, 6) is 0. The molecule has 0 unspecified atom stereocenters. The molecule has 3 heteroatoms. The van der Waals surface area contributed by atoms with Crippen molar-refractivity contribution in [1.29, 1.82) is 5.26 Å². The summed E-state index contributed by atoms with van der Waals surface area (Å²) < 4.78 is 0. The fourth-order valence-corrected chi connectivity index (χ4v) is 1.39. The summed E-state index contributed by atoms with van der Waals surface area (Å²) in [6.45, 7) is 4.77. The van der Waals surface area contributed by atoms with Crippen molar-refractivity contribution in [2.24, 2.45) is 5.41 Å². The lowest BCUT2D eigenvalue weighted by Gasteiger charge is -2.23. The number of anilines is 2. The molecule has 1 rings (SSSR count). The minimum Gasteiger partial charge on any atom is -0.399 e. The van der Waals surface area contributed by atoms with Gasteiger partial charge in [0.1, 0.15) is 0 Å². The van der Waals surface area contributed by atoms with Gasteiger partial charge in [0.05, 0.1) is 11.5 Å². The molecule has 0 atom stereocenters. The molecule has 86 valence electrons. The van der Waals surface area contributed by atoms with Crippen molar-refractivity contribution in [2.75, 3.05) is 24.2 Å². The topological polar surface area (TPSA) is 53.0 Å². The minimum atomic E-state index is -0.269. The average Bonchev–Trinajstić information content (AvgIpc) is 2.26. The van der Waals surface area contributed by atoms with Gasteiger partial charge < -0.3 is 10.6 Å². The number of nitrogens with two attached hydrogens (primary N) is 1. The third-order valence-electron chi connectivity index (χ3n) is 2.69. The number of nitrogen functional groups attached to an aromatic ring is 1. The fourth-order valence-electron chi connectivity index (χ4n) is 1.39. The molecule has 1 aromatic rings. The van der Waals surface area contributed by atoms with Crippen LogP contribution in [0.1, 0.15) is 20.3 Å². The predicted molar refractivity (Wildman–Crippen MR) is 68.1 cm³/mol. The number of nitrogens with zero attached hydrogens (tertiary/aromatic N) is 2. The largest absolute Gasteiger partial charge is 0.399 e. The molecule has 0 aliphatic carbocycles. The van der Waals surface area contributed by atoms with E-state index in [4.69, 9.17) is 11.0 Å². The monoisotopic (exact) mass is 217 g/mol. The molecule has 0 aromatic heterocycles. The second-order valence-electron chi connectivity index (χ2n) is 4.76. The first-order valence-electron chi connectivity index (χ1n) is 5.42. The number of benzene rings is 1. The maximum absolute atomic E-state index is 8.93. The molecule has 0 amide bonds. The van der Waals surface area contributed by atoms with E-state index in [1.165, 1.54) is 0 Å². The van der Waals surface area contributed by atoms with Crippen LogP contribution in [0.25, 0.3) is 0 Å². The van der Waals surface area contributed by atoms with Crippen LogP contribution in [0.5, 0.6) is 0 Å². The molecular weight excluding hydrogens is 198 g/mol. The molecule has 0 bridgehead atoms. The highest BCUT2D eigenvalue weighted by Gasteiger charge is 2.17. The van der Waals surface area contributed by atoms with Gasteiger partial charge in [-0.05, 0) is 38.5 Å². The Morgan fingerprint density at radius 1 is 1.44 bits per heavy atom. The third-order valence-corrected chi connectivity index (χ3v) is 2.69. The van der Waals surface area contributed by atoms with Gasteiger partial charge in [-0.25, -0.2) is 0 Å². The highest BCUT2D eigenvalue weighted by atomic mass is 15.1. The van der Waals surface area contributed by atoms with E-state index in [1.54, 1.807) is 0 Å². The van der Waals surface area contributed by atoms with E-state index in [-0.39, 0.29) is 5.41 Å². The average molecular weight is 217 g/mol. The van der Waals surface area contributed by atoms with Crippen molar-refractivity contribution in [2.45, 2.75) is 20.3 Å². The first-order valence-corrected chi connectivity index (χ1v) is 5.42. The van der Waals surface area contributed by atoms with Crippen LogP contribution in [0, 0.1) is 16.7 Å². The molecule has 0 spiro atoms. The normalized spacial score (nSPS) is 10.9. The molecule has 0 aliphatic heterocycles. The Labute approximate surface area is 97.5 Å². The van der Waals surface area contributed by atoms with E-state index in [0.29, 0.717) is 0 Å². The lowest BCUT2D eigenvalue weighted by atomic mass is 9.91. The highest BCUT2D eigenvalue weighted by Crippen LogP contribution is 2.22. The second-order valence-corrected chi connectivity index (χ2v) is 4.76. The Hall–Kier alpha value is -1.69. The van der Waals surface area contributed by atoms with Crippen LogP contribution in [-0.2, 0) is 0 Å². The maximum Gasteiger partial charge on any atom is 0.0684 e. The first kappa shape index (κ1) is 12.4. The Kier molecular flexibility index (Phi) is 3.78. The Morgan fingerprint density at radius 2 is 2.12 bits per heavy atom. The number of nitriles is 1. The smallest absolute Gasteiger partial charge is 0.0684 e. The molecule has 0 heterocycles. The van der Waals surface area contributed by atoms with Crippen LogP contribution in [0.15, 0.2) is 24.3 Å². The van der Waals surface area contributed by atoms with Crippen molar-refractivity contribution < 1.29 is 0 Å². The van der Waals surface area contributed by atoms with Gasteiger partial charge in [0.25, 0.3) is 0 Å². The predicted octanol–water partition coefficient (Wildman–Crippen LogP) is 2.64. The minimum absolute atomic E-state index is 0.269. The summed E-state index contributed by atoms with van der Waals surface area (Å²) in [7, 11) is 2.02. The molecule has 0 aliphatic rings. The zero-order valence-corrected chi connectivity index (χ0v) is 10.2. The number of hydrogen-bond donors (Lipinski definition) is 1. The van der Waals surface area contributed by atoms with Crippen LogP contribution in [0.4, 0.5) is 11.4 Å². The number of rotatable bonds is 4. The Balaban J connectivity index is 2.60. The van der Waals surface area contributed by atoms with Crippen LogP contribution in [0.3, 0.4) is 0 Å². The molecular formula is C13H19N3. The van der Waals surface area contributed by atoms with Crippen molar-refractivity contribution >= 4 is 11.4 Å².